The minimum Gasteiger partial charge on any atom is -0.477 e. The SMILES string of the molecule is CC1CCCN(S(=O)(=O)c2ccc(C(=O)O)s2)CC1. The van der Waals surface area contributed by atoms with Gasteiger partial charge < -0.3 is 5.11 Å². The zero-order valence-electron chi connectivity index (χ0n) is 10.7. The number of hydrogen-bond donors (Lipinski definition) is 1. The third-order valence-corrected chi connectivity index (χ3v) is 6.80. The Labute approximate surface area is 116 Å². The van der Waals surface area contributed by atoms with Crippen molar-refractivity contribution in [2.45, 2.75) is 30.4 Å². The van der Waals surface area contributed by atoms with E-state index in [-0.39, 0.29) is 9.09 Å². The summed E-state index contributed by atoms with van der Waals surface area (Å²) in [5.41, 5.74) is 0. The average molecular weight is 303 g/mol. The maximum absolute atomic E-state index is 12.4. The maximum Gasteiger partial charge on any atom is 0.345 e. The Morgan fingerprint density at radius 3 is 2.74 bits per heavy atom. The van der Waals surface area contributed by atoms with Gasteiger partial charge in [0.1, 0.15) is 9.09 Å². The van der Waals surface area contributed by atoms with Gasteiger partial charge in [-0.15, -0.1) is 11.3 Å². The molecule has 1 aliphatic rings. The van der Waals surface area contributed by atoms with Gasteiger partial charge in [-0.05, 0) is 37.3 Å². The van der Waals surface area contributed by atoms with Crippen LogP contribution < -0.4 is 0 Å². The first-order valence-corrected chi connectivity index (χ1v) is 8.50. The summed E-state index contributed by atoms with van der Waals surface area (Å²) in [6.45, 7) is 3.17. The summed E-state index contributed by atoms with van der Waals surface area (Å²) in [4.78, 5) is 10.9. The van der Waals surface area contributed by atoms with Crippen LogP contribution in [0.25, 0.3) is 0 Å². The highest BCUT2D eigenvalue weighted by Gasteiger charge is 2.28. The molecule has 1 aromatic rings. The quantitative estimate of drug-likeness (QED) is 0.929. The van der Waals surface area contributed by atoms with Gasteiger partial charge in [0.15, 0.2) is 0 Å². The molecular weight excluding hydrogens is 286 g/mol. The number of nitrogens with zero attached hydrogens (tertiary/aromatic N) is 1. The second-order valence-corrected chi connectivity index (χ2v) is 8.11. The van der Waals surface area contributed by atoms with Crippen LogP contribution in [0.5, 0.6) is 0 Å². The summed E-state index contributed by atoms with van der Waals surface area (Å²) in [5, 5.41) is 8.86. The zero-order chi connectivity index (χ0) is 14.0. The topological polar surface area (TPSA) is 74.7 Å². The molecule has 2 rings (SSSR count). The minimum atomic E-state index is -3.53. The molecule has 1 fully saturated rings. The third kappa shape index (κ3) is 3.16. The van der Waals surface area contributed by atoms with Crippen molar-refractivity contribution in [2.75, 3.05) is 13.1 Å². The molecule has 1 aliphatic heterocycles. The molecule has 0 radical (unpaired) electrons. The number of carbonyl (C=O) groups is 1. The average Bonchev–Trinajstić information content (AvgIpc) is 2.74. The van der Waals surface area contributed by atoms with Crippen molar-refractivity contribution in [1.82, 2.24) is 4.31 Å². The second kappa shape index (κ2) is 5.60. The highest BCUT2D eigenvalue weighted by Crippen LogP contribution is 2.27. The van der Waals surface area contributed by atoms with E-state index in [4.69, 9.17) is 5.11 Å². The fourth-order valence-electron chi connectivity index (χ4n) is 2.18. The first kappa shape index (κ1) is 14.5. The van der Waals surface area contributed by atoms with Crippen molar-refractivity contribution in [3.8, 4) is 0 Å². The summed E-state index contributed by atoms with van der Waals surface area (Å²) in [7, 11) is -3.53. The van der Waals surface area contributed by atoms with Crippen molar-refractivity contribution in [3.63, 3.8) is 0 Å². The van der Waals surface area contributed by atoms with Crippen molar-refractivity contribution in [1.29, 1.82) is 0 Å². The molecule has 0 spiro atoms. The lowest BCUT2D eigenvalue weighted by molar-refractivity contribution is 0.0702. The molecule has 7 heteroatoms. The molecule has 0 aromatic carbocycles. The molecule has 0 bridgehead atoms. The smallest absolute Gasteiger partial charge is 0.345 e. The van der Waals surface area contributed by atoms with Gasteiger partial charge in [0.25, 0.3) is 10.0 Å². The van der Waals surface area contributed by atoms with Crippen LogP contribution in [-0.2, 0) is 10.0 Å². The predicted octanol–water partition coefficient (Wildman–Crippen LogP) is 2.26. The Balaban J connectivity index is 2.23. The standard InChI is InChI=1S/C12H17NO4S2/c1-9-3-2-7-13(8-6-9)19(16,17)11-5-4-10(18-11)12(14)15/h4-5,9H,2-3,6-8H2,1H3,(H,14,15). The number of rotatable bonds is 3. The minimum absolute atomic E-state index is 0.0572. The first-order valence-electron chi connectivity index (χ1n) is 6.24. The fourth-order valence-corrected chi connectivity index (χ4v) is 4.97. The monoisotopic (exact) mass is 303 g/mol. The van der Waals surface area contributed by atoms with Crippen LogP contribution in [-0.4, -0.2) is 36.9 Å². The Kier molecular flexibility index (Phi) is 4.27. The Morgan fingerprint density at radius 1 is 1.37 bits per heavy atom. The summed E-state index contributed by atoms with van der Waals surface area (Å²) in [6.07, 6.45) is 2.75. The third-order valence-electron chi connectivity index (χ3n) is 3.36. The Hall–Kier alpha value is -0.920. The normalized spacial score (nSPS) is 22.1. The Bertz CT molecular complexity index is 564. The summed E-state index contributed by atoms with van der Waals surface area (Å²) in [6, 6.07) is 2.73. The van der Waals surface area contributed by atoms with Gasteiger partial charge in [0.05, 0.1) is 0 Å². The van der Waals surface area contributed by atoms with Crippen molar-refractivity contribution in [2.24, 2.45) is 5.92 Å². The van der Waals surface area contributed by atoms with Crippen molar-refractivity contribution < 1.29 is 18.3 Å². The van der Waals surface area contributed by atoms with E-state index < -0.39 is 16.0 Å². The van der Waals surface area contributed by atoms with Crippen LogP contribution in [0.4, 0.5) is 0 Å². The number of carboxylic acid groups (broad SMARTS) is 1. The molecule has 1 N–H and O–H groups in total. The molecule has 19 heavy (non-hydrogen) atoms. The lowest BCUT2D eigenvalue weighted by atomic mass is 10.0. The number of hydrogen-bond acceptors (Lipinski definition) is 4. The van der Waals surface area contributed by atoms with Gasteiger partial charge in [-0.25, -0.2) is 13.2 Å². The second-order valence-electron chi connectivity index (χ2n) is 4.86. The van der Waals surface area contributed by atoms with E-state index in [0.29, 0.717) is 19.0 Å². The van der Waals surface area contributed by atoms with Crippen molar-refractivity contribution >= 4 is 27.3 Å². The van der Waals surface area contributed by atoms with E-state index in [2.05, 4.69) is 6.92 Å². The molecule has 1 aromatic heterocycles. The van der Waals surface area contributed by atoms with E-state index in [0.717, 1.165) is 30.6 Å². The lowest BCUT2D eigenvalue weighted by Gasteiger charge is -2.18. The highest BCUT2D eigenvalue weighted by molar-refractivity contribution is 7.91. The van der Waals surface area contributed by atoms with Crippen LogP contribution >= 0.6 is 11.3 Å². The van der Waals surface area contributed by atoms with Crippen LogP contribution in [0, 0.1) is 5.92 Å². The predicted molar refractivity (Wildman–Crippen MR) is 73.1 cm³/mol. The molecule has 2 heterocycles. The molecule has 1 atom stereocenters. The number of thiophene rings is 1. The summed E-state index contributed by atoms with van der Waals surface area (Å²) < 4.78 is 26.5. The highest BCUT2D eigenvalue weighted by atomic mass is 32.2. The van der Waals surface area contributed by atoms with Gasteiger partial charge in [-0.1, -0.05) is 6.92 Å². The fraction of sp³-hybridized carbons (Fsp3) is 0.583. The molecule has 1 unspecified atom stereocenters. The van der Waals surface area contributed by atoms with Crippen LogP contribution in [0.1, 0.15) is 35.9 Å². The number of sulfonamides is 1. The summed E-state index contributed by atoms with van der Waals surface area (Å²) >= 11 is 0.820. The molecule has 0 aliphatic carbocycles. The van der Waals surface area contributed by atoms with E-state index >= 15 is 0 Å². The number of aromatic carboxylic acids is 1. The van der Waals surface area contributed by atoms with E-state index in [1.165, 1.54) is 16.4 Å². The molecule has 1 saturated heterocycles. The van der Waals surface area contributed by atoms with E-state index in [1.54, 1.807) is 0 Å². The molecule has 106 valence electrons. The molecule has 0 saturated carbocycles. The van der Waals surface area contributed by atoms with E-state index in [1.807, 2.05) is 0 Å². The number of carboxylic acids is 1. The van der Waals surface area contributed by atoms with Gasteiger partial charge in [-0.3, -0.25) is 0 Å². The van der Waals surface area contributed by atoms with Gasteiger partial charge in [0, 0.05) is 13.1 Å². The van der Waals surface area contributed by atoms with Crippen LogP contribution in [0.2, 0.25) is 0 Å². The van der Waals surface area contributed by atoms with Crippen molar-refractivity contribution in [3.05, 3.63) is 17.0 Å². The molecular formula is C12H17NO4S2. The zero-order valence-corrected chi connectivity index (χ0v) is 12.3. The van der Waals surface area contributed by atoms with Gasteiger partial charge in [0.2, 0.25) is 0 Å². The van der Waals surface area contributed by atoms with Gasteiger partial charge in [-0.2, -0.15) is 4.31 Å². The lowest BCUT2D eigenvalue weighted by Crippen LogP contribution is -2.31. The molecule has 5 nitrogen and oxygen atoms in total. The van der Waals surface area contributed by atoms with E-state index in [9.17, 15) is 13.2 Å². The van der Waals surface area contributed by atoms with Crippen LogP contribution in [0.3, 0.4) is 0 Å². The van der Waals surface area contributed by atoms with Crippen LogP contribution in [0.15, 0.2) is 16.3 Å². The summed E-state index contributed by atoms with van der Waals surface area (Å²) in [5.74, 6) is -0.547. The molecule has 0 amide bonds. The Morgan fingerprint density at radius 2 is 2.11 bits per heavy atom. The maximum atomic E-state index is 12.4. The largest absolute Gasteiger partial charge is 0.477 e. The first-order chi connectivity index (χ1) is 8.91. The van der Waals surface area contributed by atoms with Gasteiger partial charge >= 0.3 is 5.97 Å².